The van der Waals surface area contributed by atoms with Crippen LogP contribution in [0.5, 0.6) is 0 Å². The summed E-state index contributed by atoms with van der Waals surface area (Å²) in [5.74, 6) is 2.19. The normalized spacial score (nSPS) is 30.7. The molecule has 0 radical (unpaired) electrons. The number of amides is 1. The highest BCUT2D eigenvalue weighted by Gasteiger charge is 2.51. The van der Waals surface area contributed by atoms with Crippen molar-refractivity contribution in [2.75, 3.05) is 5.32 Å². The second kappa shape index (κ2) is 6.37. The molecule has 0 atom stereocenters. The number of hydrogen-bond acceptors (Lipinski definition) is 3. The predicted molar refractivity (Wildman–Crippen MR) is 114 cm³/mol. The number of carbonyl (C=O) groups excluding carboxylic acids is 3. The third-order valence-electron chi connectivity index (χ3n) is 7.91. The lowest BCUT2D eigenvalue weighted by atomic mass is 9.49. The summed E-state index contributed by atoms with van der Waals surface area (Å²) in [6.07, 6.45) is 8.25. The number of carbonyl (C=O) groups is 3. The largest absolute Gasteiger partial charge is 0.326 e. The molecule has 2 aromatic rings. The number of benzene rings is 2. The number of rotatable bonds is 3. The lowest BCUT2D eigenvalue weighted by molar-refractivity contribution is -0.124. The molecule has 152 valence electrons. The lowest BCUT2D eigenvalue weighted by Gasteiger charge is -2.56. The van der Waals surface area contributed by atoms with Gasteiger partial charge in [-0.25, -0.2) is 0 Å². The minimum absolute atomic E-state index is 0.0342. The van der Waals surface area contributed by atoms with Crippen LogP contribution >= 0.6 is 0 Å². The van der Waals surface area contributed by atoms with Gasteiger partial charge in [-0.1, -0.05) is 24.3 Å². The van der Waals surface area contributed by atoms with Gasteiger partial charge in [-0.05, 0) is 79.9 Å². The van der Waals surface area contributed by atoms with E-state index in [2.05, 4.69) is 5.32 Å². The van der Waals surface area contributed by atoms with Gasteiger partial charge in [-0.2, -0.15) is 0 Å². The summed E-state index contributed by atoms with van der Waals surface area (Å²) in [7, 11) is 0. The first-order valence-corrected chi connectivity index (χ1v) is 11.1. The minimum Gasteiger partial charge on any atom is -0.326 e. The first-order chi connectivity index (χ1) is 14.5. The van der Waals surface area contributed by atoms with Crippen molar-refractivity contribution in [2.24, 2.45) is 23.2 Å². The van der Waals surface area contributed by atoms with Crippen LogP contribution in [0.2, 0.25) is 0 Å². The van der Waals surface area contributed by atoms with Crippen molar-refractivity contribution in [1.82, 2.24) is 0 Å². The number of nitrogens with one attached hydrogen (secondary N) is 1. The van der Waals surface area contributed by atoms with Crippen LogP contribution in [0.25, 0.3) is 0 Å². The molecule has 4 nitrogen and oxygen atoms in total. The van der Waals surface area contributed by atoms with Crippen LogP contribution < -0.4 is 5.32 Å². The van der Waals surface area contributed by atoms with Gasteiger partial charge in [-0.3, -0.25) is 14.4 Å². The lowest BCUT2D eigenvalue weighted by Crippen LogP contribution is -2.47. The number of hydrogen-bond donors (Lipinski definition) is 1. The molecule has 0 unspecified atom stereocenters. The van der Waals surface area contributed by atoms with Crippen molar-refractivity contribution in [1.29, 1.82) is 0 Å². The summed E-state index contributed by atoms with van der Waals surface area (Å²) < 4.78 is 0. The third-order valence-corrected chi connectivity index (χ3v) is 7.91. The molecule has 0 heterocycles. The van der Waals surface area contributed by atoms with Gasteiger partial charge < -0.3 is 5.32 Å². The van der Waals surface area contributed by atoms with Crippen molar-refractivity contribution in [3.8, 4) is 0 Å². The molecule has 4 saturated carbocycles. The van der Waals surface area contributed by atoms with Gasteiger partial charge in [0.15, 0.2) is 11.6 Å². The van der Waals surface area contributed by atoms with Crippen LogP contribution in [0.4, 0.5) is 5.69 Å². The van der Waals surface area contributed by atoms with Crippen molar-refractivity contribution in [2.45, 2.75) is 44.9 Å². The van der Waals surface area contributed by atoms with Crippen molar-refractivity contribution < 1.29 is 14.4 Å². The van der Waals surface area contributed by atoms with E-state index in [0.717, 1.165) is 17.8 Å². The zero-order chi connectivity index (χ0) is 20.5. The van der Waals surface area contributed by atoms with E-state index >= 15 is 0 Å². The molecule has 4 fully saturated rings. The molecule has 1 amide bonds. The van der Waals surface area contributed by atoms with Crippen LogP contribution in [0.3, 0.4) is 0 Å². The maximum Gasteiger partial charge on any atom is 0.224 e. The Morgan fingerprint density at radius 3 is 1.93 bits per heavy atom. The third kappa shape index (κ3) is 2.77. The second-order valence-corrected chi connectivity index (χ2v) is 10.1. The number of fused-ring (bicyclic) bond motifs is 2. The van der Waals surface area contributed by atoms with Crippen molar-refractivity contribution in [3.63, 3.8) is 0 Å². The fourth-order valence-electron chi connectivity index (χ4n) is 7.23. The Morgan fingerprint density at radius 1 is 0.800 bits per heavy atom. The topological polar surface area (TPSA) is 63.2 Å². The molecule has 7 rings (SSSR count). The molecule has 0 spiro atoms. The summed E-state index contributed by atoms with van der Waals surface area (Å²) in [5, 5.41) is 3.02. The molecule has 4 bridgehead atoms. The summed E-state index contributed by atoms with van der Waals surface area (Å²) >= 11 is 0. The Balaban J connectivity index is 1.23. The van der Waals surface area contributed by atoms with Crippen LogP contribution in [-0.4, -0.2) is 17.5 Å². The molecule has 2 aromatic carbocycles. The van der Waals surface area contributed by atoms with Crippen LogP contribution in [-0.2, 0) is 4.79 Å². The zero-order valence-electron chi connectivity index (χ0n) is 16.9. The first kappa shape index (κ1) is 18.1. The monoisotopic (exact) mass is 399 g/mol. The standard InChI is InChI=1S/C26H25NO3/c28-23(14-26-11-15-7-16(12-26)9-17(8-15)13-26)27-18-5-6-21-22(10-18)25(30)20-4-2-1-3-19(20)24(21)29/h1-6,10,15-17H,7-9,11-14H2,(H,27,28). The van der Waals surface area contributed by atoms with Gasteiger partial charge in [0.2, 0.25) is 5.91 Å². The van der Waals surface area contributed by atoms with E-state index in [9.17, 15) is 14.4 Å². The van der Waals surface area contributed by atoms with Crippen LogP contribution in [0.15, 0.2) is 42.5 Å². The molecule has 0 saturated heterocycles. The van der Waals surface area contributed by atoms with E-state index in [1.807, 2.05) is 0 Å². The average molecular weight is 399 g/mol. The number of anilines is 1. The van der Waals surface area contributed by atoms with Gasteiger partial charge >= 0.3 is 0 Å². The first-order valence-electron chi connectivity index (χ1n) is 11.1. The fourth-order valence-corrected chi connectivity index (χ4v) is 7.23. The molecule has 4 heteroatoms. The molecular weight excluding hydrogens is 374 g/mol. The van der Waals surface area contributed by atoms with Gasteiger partial charge in [0.25, 0.3) is 0 Å². The molecule has 30 heavy (non-hydrogen) atoms. The maximum atomic E-state index is 12.9. The number of ketones is 2. The molecule has 0 aliphatic heterocycles. The van der Waals surface area contributed by atoms with E-state index in [-0.39, 0.29) is 22.9 Å². The summed E-state index contributed by atoms with van der Waals surface area (Å²) in [5.41, 5.74) is 2.46. The Labute approximate surface area is 176 Å². The zero-order valence-corrected chi connectivity index (χ0v) is 16.9. The fraction of sp³-hybridized carbons (Fsp3) is 0.423. The van der Waals surface area contributed by atoms with Crippen LogP contribution in [0, 0.1) is 23.2 Å². The highest BCUT2D eigenvalue weighted by atomic mass is 16.2. The Kier molecular flexibility index (Phi) is 3.83. The average Bonchev–Trinajstić information content (AvgIpc) is 2.70. The Bertz CT molecular complexity index is 1060. The molecular formula is C26H25NO3. The smallest absolute Gasteiger partial charge is 0.224 e. The van der Waals surface area contributed by atoms with Gasteiger partial charge in [0.1, 0.15) is 0 Å². The summed E-state index contributed by atoms with van der Waals surface area (Å²) in [4.78, 5) is 38.6. The van der Waals surface area contributed by atoms with E-state index in [1.165, 1.54) is 38.5 Å². The van der Waals surface area contributed by atoms with Crippen molar-refractivity contribution >= 4 is 23.2 Å². The SMILES string of the molecule is O=C(CC12CC3CC(CC(C3)C1)C2)Nc1ccc2c(c1)C(=O)c1ccccc1C2=O. The van der Waals surface area contributed by atoms with Gasteiger partial charge in [0.05, 0.1) is 0 Å². The summed E-state index contributed by atoms with van der Waals surface area (Å²) in [6.45, 7) is 0. The van der Waals surface area contributed by atoms with E-state index in [0.29, 0.717) is 34.4 Å². The van der Waals surface area contributed by atoms with E-state index in [1.54, 1.807) is 42.5 Å². The van der Waals surface area contributed by atoms with E-state index < -0.39 is 0 Å². The van der Waals surface area contributed by atoms with E-state index in [4.69, 9.17) is 0 Å². The van der Waals surface area contributed by atoms with Crippen LogP contribution in [0.1, 0.15) is 76.8 Å². The Morgan fingerprint density at radius 2 is 1.33 bits per heavy atom. The molecule has 1 N–H and O–H groups in total. The predicted octanol–water partition coefficient (Wildman–Crippen LogP) is 5.01. The second-order valence-electron chi connectivity index (χ2n) is 10.1. The van der Waals surface area contributed by atoms with Gasteiger partial charge in [0, 0.05) is 34.4 Å². The minimum atomic E-state index is -0.155. The van der Waals surface area contributed by atoms with Gasteiger partial charge in [-0.15, -0.1) is 0 Å². The summed E-state index contributed by atoms with van der Waals surface area (Å²) in [6, 6.07) is 12.0. The highest BCUT2D eigenvalue weighted by molar-refractivity contribution is 6.28. The maximum absolute atomic E-state index is 12.9. The molecule has 5 aliphatic carbocycles. The quantitative estimate of drug-likeness (QED) is 0.674. The molecule has 0 aromatic heterocycles. The van der Waals surface area contributed by atoms with Crippen molar-refractivity contribution in [3.05, 3.63) is 64.7 Å². The highest BCUT2D eigenvalue weighted by Crippen LogP contribution is 2.61. The Hall–Kier alpha value is -2.75. The molecule has 5 aliphatic rings.